The summed E-state index contributed by atoms with van der Waals surface area (Å²) in [5, 5.41) is 6.19. The van der Waals surface area contributed by atoms with Crippen LogP contribution in [0.5, 0.6) is 11.5 Å². The average Bonchev–Trinajstić information content (AvgIpc) is 3.29. The molecule has 178 valence electrons. The zero-order chi connectivity index (χ0) is 24.2. The van der Waals surface area contributed by atoms with Gasteiger partial charge in [0.05, 0.1) is 43.5 Å². The zero-order valence-corrected chi connectivity index (χ0v) is 20.1. The topological polar surface area (TPSA) is 89.4 Å². The van der Waals surface area contributed by atoms with E-state index in [2.05, 4.69) is 10.1 Å². The second-order valence-corrected chi connectivity index (χ2v) is 8.05. The van der Waals surface area contributed by atoms with Crippen molar-refractivity contribution in [3.8, 4) is 11.5 Å². The molecule has 0 fully saturated rings. The minimum atomic E-state index is -0.610. The van der Waals surface area contributed by atoms with Crippen LogP contribution in [0.15, 0.2) is 47.7 Å². The maximum absolute atomic E-state index is 12.8. The number of carbonyl (C=O) groups excluding carboxylic acids is 1. The van der Waals surface area contributed by atoms with Crippen LogP contribution in [0.25, 0.3) is 11.0 Å². The minimum Gasteiger partial charge on any atom is -0.497 e. The summed E-state index contributed by atoms with van der Waals surface area (Å²) >= 11 is 0. The Kier molecular flexibility index (Phi) is 6.81. The predicted octanol–water partition coefficient (Wildman–Crippen LogP) is 3.75. The molecule has 3 aromatic rings. The van der Waals surface area contributed by atoms with Crippen molar-refractivity contribution in [2.75, 3.05) is 39.3 Å². The predicted molar refractivity (Wildman–Crippen MR) is 131 cm³/mol. The summed E-state index contributed by atoms with van der Waals surface area (Å²) in [6, 6.07) is 10.6. The number of carbonyl (C=O) groups is 1. The quantitative estimate of drug-likeness (QED) is 0.467. The van der Waals surface area contributed by atoms with Crippen molar-refractivity contribution in [3.63, 3.8) is 0 Å². The van der Waals surface area contributed by atoms with Crippen molar-refractivity contribution in [1.82, 2.24) is 15.0 Å². The van der Waals surface area contributed by atoms with E-state index in [9.17, 15) is 4.79 Å². The Balaban J connectivity index is 1.81. The Bertz CT molecular complexity index is 1190. The second kappa shape index (κ2) is 9.94. The summed E-state index contributed by atoms with van der Waals surface area (Å²) in [5.41, 5.74) is 3.85. The maximum atomic E-state index is 12.8. The molecular weight excluding hydrogens is 434 g/mol. The van der Waals surface area contributed by atoms with Crippen LogP contribution in [0.3, 0.4) is 0 Å². The number of esters is 1. The SMILES string of the molecule is CCOC(=O)C(C)N(c1cc(OC)cc(OC)c1)c1ccc2ncc(C3C=NN(C)C3)nc2c1. The van der Waals surface area contributed by atoms with Gasteiger partial charge in [0, 0.05) is 55.6 Å². The van der Waals surface area contributed by atoms with Crippen molar-refractivity contribution < 1.29 is 19.0 Å². The van der Waals surface area contributed by atoms with Gasteiger partial charge < -0.3 is 19.1 Å². The molecule has 2 unspecified atom stereocenters. The van der Waals surface area contributed by atoms with Crippen molar-refractivity contribution in [3.05, 3.63) is 48.3 Å². The van der Waals surface area contributed by atoms with E-state index < -0.39 is 6.04 Å². The number of aromatic nitrogens is 2. The maximum Gasteiger partial charge on any atom is 0.328 e. The van der Waals surface area contributed by atoms with Crippen LogP contribution in [0.1, 0.15) is 25.5 Å². The van der Waals surface area contributed by atoms with E-state index in [-0.39, 0.29) is 11.9 Å². The fourth-order valence-electron chi connectivity index (χ4n) is 3.98. The highest BCUT2D eigenvalue weighted by atomic mass is 16.5. The molecule has 4 rings (SSSR count). The first kappa shape index (κ1) is 23.3. The third-order valence-electron chi connectivity index (χ3n) is 5.74. The molecule has 1 aliphatic heterocycles. The van der Waals surface area contributed by atoms with Crippen LogP contribution >= 0.6 is 0 Å². The molecular formula is C25H29N5O4. The molecule has 0 bridgehead atoms. The fourth-order valence-corrected chi connectivity index (χ4v) is 3.98. The van der Waals surface area contributed by atoms with Crippen molar-refractivity contribution in [1.29, 1.82) is 0 Å². The highest BCUT2D eigenvalue weighted by molar-refractivity contribution is 5.87. The smallest absolute Gasteiger partial charge is 0.328 e. The van der Waals surface area contributed by atoms with Gasteiger partial charge in [-0.05, 0) is 32.0 Å². The lowest BCUT2D eigenvalue weighted by atomic mass is 10.1. The molecule has 0 amide bonds. The number of hydrazone groups is 1. The molecule has 0 saturated heterocycles. The van der Waals surface area contributed by atoms with E-state index in [0.717, 1.165) is 34.6 Å². The third kappa shape index (κ3) is 4.73. The third-order valence-corrected chi connectivity index (χ3v) is 5.74. The monoisotopic (exact) mass is 463 g/mol. The van der Waals surface area contributed by atoms with E-state index in [4.69, 9.17) is 19.2 Å². The Morgan fingerprint density at radius 2 is 1.85 bits per heavy atom. The van der Waals surface area contributed by atoms with Crippen molar-refractivity contribution in [2.45, 2.75) is 25.8 Å². The number of nitrogens with zero attached hydrogens (tertiary/aromatic N) is 5. The number of likely N-dealkylation sites (N-methyl/N-ethyl adjacent to an activating group) is 1. The van der Waals surface area contributed by atoms with Gasteiger partial charge in [0.25, 0.3) is 0 Å². The molecule has 1 aromatic heterocycles. The molecule has 0 spiro atoms. The Morgan fingerprint density at radius 1 is 1.12 bits per heavy atom. The second-order valence-electron chi connectivity index (χ2n) is 8.05. The van der Waals surface area contributed by atoms with Gasteiger partial charge in [-0.25, -0.2) is 9.78 Å². The molecule has 0 aliphatic carbocycles. The number of ether oxygens (including phenoxy) is 3. The summed E-state index contributed by atoms with van der Waals surface area (Å²) in [6.45, 7) is 4.65. The molecule has 0 saturated carbocycles. The molecule has 2 atom stereocenters. The molecule has 2 heterocycles. The normalized spacial score (nSPS) is 15.9. The molecule has 2 aromatic carbocycles. The van der Waals surface area contributed by atoms with Gasteiger partial charge in [-0.2, -0.15) is 5.10 Å². The number of methoxy groups -OCH3 is 2. The van der Waals surface area contributed by atoms with Gasteiger partial charge in [0.2, 0.25) is 0 Å². The minimum absolute atomic E-state index is 0.0859. The van der Waals surface area contributed by atoms with Gasteiger partial charge in [0.1, 0.15) is 17.5 Å². The van der Waals surface area contributed by atoms with E-state index in [0.29, 0.717) is 18.1 Å². The first-order valence-electron chi connectivity index (χ1n) is 11.1. The summed E-state index contributed by atoms with van der Waals surface area (Å²) in [5.74, 6) is 0.975. The highest BCUT2D eigenvalue weighted by Crippen LogP contribution is 2.36. The van der Waals surface area contributed by atoms with Gasteiger partial charge in [-0.15, -0.1) is 0 Å². The number of rotatable bonds is 8. The molecule has 9 nitrogen and oxygen atoms in total. The number of benzene rings is 2. The average molecular weight is 464 g/mol. The van der Waals surface area contributed by atoms with Crippen LogP contribution in [0, 0.1) is 0 Å². The standard InChI is InChI=1S/C25H29N5O4/c1-6-34-25(31)16(2)30(19-9-20(32-4)12-21(10-19)33-5)18-7-8-22-23(11-18)28-24(14-26-22)17-13-27-29(3)15-17/h7-14,16-17H,6,15H2,1-5H3. The van der Waals surface area contributed by atoms with Crippen LogP contribution in [0.2, 0.25) is 0 Å². The Morgan fingerprint density at radius 3 is 2.47 bits per heavy atom. The van der Waals surface area contributed by atoms with E-state index in [1.54, 1.807) is 40.3 Å². The van der Waals surface area contributed by atoms with Gasteiger partial charge >= 0.3 is 5.97 Å². The fraction of sp³-hybridized carbons (Fsp3) is 0.360. The first-order valence-corrected chi connectivity index (χ1v) is 11.1. The summed E-state index contributed by atoms with van der Waals surface area (Å²) in [4.78, 5) is 24.1. The van der Waals surface area contributed by atoms with Crippen molar-refractivity contribution >= 4 is 34.6 Å². The Hall–Kier alpha value is -3.88. The van der Waals surface area contributed by atoms with Crippen LogP contribution in [-0.4, -0.2) is 67.6 Å². The van der Waals surface area contributed by atoms with E-state index in [1.807, 2.05) is 53.5 Å². The van der Waals surface area contributed by atoms with Gasteiger partial charge in [-0.3, -0.25) is 9.99 Å². The van der Waals surface area contributed by atoms with E-state index >= 15 is 0 Å². The summed E-state index contributed by atoms with van der Waals surface area (Å²) < 4.78 is 16.3. The molecule has 34 heavy (non-hydrogen) atoms. The lowest BCUT2D eigenvalue weighted by molar-refractivity contribution is -0.144. The zero-order valence-electron chi connectivity index (χ0n) is 20.1. The van der Waals surface area contributed by atoms with Crippen molar-refractivity contribution in [2.24, 2.45) is 5.10 Å². The van der Waals surface area contributed by atoms with E-state index in [1.165, 1.54) is 0 Å². The Labute approximate surface area is 199 Å². The van der Waals surface area contributed by atoms with Crippen LogP contribution < -0.4 is 14.4 Å². The lowest BCUT2D eigenvalue weighted by Crippen LogP contribution is -2.37. The number of hydrogen-bond acceptors (Lipinski definition) is 9. The molecule has 1 aliphatic rings. The van der Waals surface area contributed by atoms with Gasteiger partial charge in [0.15, 0.2) is 0 Å². The molecule has 0 N–H and O–H groups in total. The lowest BCUT2D eigenvalue weighted by Gasteiger charge is -2.30. The largest absolute Gasteiger partial charge is 0.497 e. The number of fused-ring (bicyclic) bond motifs is 1. The summed E-state index contributed by atoms with van der Waals surface area (Å²) in [6.07, 6.45) is 3.68. The van der Waals surface area contributed by atoms with Gasteiger partial charge in [-0.1, -0.05) is 0 Å². The van der Waals surface area contributed by atoms with Crippen LogP contribution in [0.4, 0.5) is 11.4 Å². The first-order chi connectivity index (χ1) is 16.4. The van der Waals surface area contributed by atoms with Crippen LogP contribution in [-0.2, 0) is 9.53 Å². The molecule has 0 radical (unpaired) electrons. The molecule has 9 heteroatoms. The summed E-state index contributed by atoms with van der Waals surface area (Å²) in [7, 11) is 5.11. The number of hydrogen-bond donors (Lipinski definition) is 0. The highest BCUT2D eigenvalue weighted by Gasteiger charge is 2.26. The number of anilines is 2.